The van der Waals surface area contributed by atoms with Crippen molar-refractivity contribution in [3.8, 4) is 16.9 Å². The Balaban J connectivity index is 2.46. The number of hydrogen-bond donors (Lipinski definition) is 0. The van der Waals surface area contributed by atoms with Gasteiger partial charge < -0.3 is 0 Å². The Morgan fingerprint density at radius 3 is 2.14 bits per heavy atom. The molecule has 21 heavy (non-hydrogen) atoms. The Hall–Kier alpha value is -1.03. The molecule has 0 aromatic rings. The number of esters is 1. The molecule has 112 valence electrons. The maximum atomic E-state index is 12.1. The van der Waals surface area contributed by atoms with Crippen molar-refractivity contribution in [2.24, 2.45) is 5.41 Å². The molecule has 2 nitrogen and oxygen atoms in total. The number of carbonyl (C=O) groups excluding carboxylic acids is 1. The number of hydrogen-bond acceptors (Lipinski definition) is 2. The predicted octanol–water partition coefficient (Wildman–Crippen LogP) is 4.29. The molecule has 2 aliphatic rings. The summed E-state index contributed by atoms with van der Waals surface area (Å²) in [6.45, 7) is 5.62. The first-order valence-corrected chi connectivity index (χ1v) is 17.3. The van der Waals surface area contributed by atoms with E-state index >= 15 is 0 Å². The van der Waals surface area contributed by atoms with Crippen LogP contribution < -0.4 is 8.32 Å². The maximum absolute atomic E-state index is 12.1. The van der Waals surface area contributed by atoms with Gasteiger partial charge in [-0.2, -0.15) is 0 Å². The zero-order valence-electron chi connectivity index (χ0n) is 13.8. The van der Waals surface area contributed by atoms with Crippen LogP contribution in [0.5, 0.6) is 5.75 Å². The first-order valence-electron chi connectivity index (χ1n) is 7.35. The van der Waals surface area contributed by atoms with Crippen molar-refractivity contribution in [2.45, 2.75) is 35.6 Å². The molecule has 0 unspecified atom stereocenters. The van der Waals surface area contributed by atoms with E-state index < -0.39 is 23.8 Å². The van der Waals surface area contributed by atoms with Crippen molar-refractivity contribution in [3.63, 3.8) is 0 Å². The van der Waals surface area contributed by atoms with Crippen LogP contribution in [-0.4, -0.2) is 24.3 Å². The molecule has 2 rings (SSSR count). The third-order valence-corrected chi connectivity index (χ3v) is 9.36. The molecule has 2 aliphatic carbocycles. The third-order valence-electron chi connectivity index (χ3n) is 3.51. The van der Waals surface area contributed by atoms with Gasteiger partial charge in [-0.3, -0.25) is 0 Å². The van der Waals surface area contributed by atoms with E-state index in [-0.39, 0.29) is 5.97 Å². The Morgan fingerprint density at radius 1 is 0.952 bits per heavy atom. The quantitative estimate of drug-likeness (QED) is 0.564. The molecule has 0 atom stereocenters. The van der Waals surface area contributed by atoms with Crippen LogP contribution in [0.15, 0.2) is 36.4 Å². The van der Waals surface area contributed by atoms with E-state index in [9.17, 15) is 4.79 Å². The molecule has 0 aliphatic heterocycles. The Bertz CT molecular complexity index is 633. The van der Waals surface area contributed by atoms with E-state index in [1.807, 2.05) is 39.0 Å². The van der Waals surface area contributed by atoms with Crippen molar-refractivity contribution < 1.29 is 9.53 Å². The summed E-state index contributed by atoms with van der Waals surface area (Å²) >= 11 is -2.22. The van der Waals surface area contributed by atoms with Crippen LogP contribution in [0.2, 0.25) is 14.8 Å². The van der Waals surface area contributed by atoms with Gasteiger partial charge in [0.25, 0.3) is 0 Å². The summed E-state index contributed by atoms with van der Waals surface area (Å²) in [5.41, 5.74) is 1.78. The molecule has 0 spiro atoms. The Kier molecular flexibility index (Phi) is 4.38. The molecule has 0 saturated carbocycles. The standard InChI is InChI=1S/C15H15O2.3CH3.Sn/c1-15(2,3)14(16)17-13-10-9-11-7-5-4-6-8-12(11)13;;;;/h4-6,8-10H,1-3H3;3*1H3;. The zero-order chi connectivity index (χ0) is 15.8. The van der Waals surface area contributed by atoms with Gasteiger partial charge in [-0.15, -0.1) is 0 Å². The first kappa shape index (κ1) is 16.3. The van der Waals surface area contributed by atoms with E-state index in [4.69, 9.17) is 4.74 Å². The number of rotatable bonds is 2. The van der Waals surface area contributed by atoms with Crippen molar-refractivity contribution in [1.29, 1.82) is 0 Å². The van der Waals surface area contributed by atoms with Crippen molar-refractivity contribution in [1.82, 2.24) is 0 Å². The topological polar surface area (TPSA) is 26.3 Å². The number of carbonyl (C=O) groups is 1. The summed E-state index contributed by atoms with van der Waals surface area (Å²) in [4.78, 5) is 19.3. The van der Waals surface area contributed by atoms with Crippen LogP contribution >= 0.6 is 0 Å². The molecule has 0 amide bonds. The Morgan fingerprint density at radius 2 is 1.57 bits per heavy atom. The second kappa shape index (κ2) is 5.63. The van der Waals surface area contributed by atoms with Crippen molar-refractivity contribution in [2.75, 3.05) is 0 Å². The number of ether oxygens (including phenoxy) is 1. The summed E-state index contributed by atoms with van der Waals surface area (Å²) in [6.07, 6.45) is 0. The van der Waals surface area contributed by atoms with E-state index in [1.165, 1.54) is 9.14 Å². The van der Waals surface area contributed by atoms with Crippen LogP contribution in [-0.2, 0) is 4.79 Å². The third kappa shape index (κ3) is 3.60. The van der Waals surface area contributed by atoms with Gasteiger partial charge in [0, 0.05) is 0 Å². The summed E-state index contributed by atoms with van der Waals surface area (Å²) in [5, 5.41) is 0. The monoisotopic (exact) mass is 392 g/mol. The van der Waals surface area contributed by atoms with Gasteiger partial charge in [0.2, 0.25) is 0 Å². The average molecular weight is 391 g/mol. The predicted molar refractivity (Wildman–Crippen MR) is 91.1 cm³/mol. The minimum atomic E-state index is -2.22. The molecule has 0 N–H and O–H groups in total. The van der Waals surface area contributed by atoms with Gasteiger partial charge in [-0.05, 0) is 0 Å². The van der Waals surface area contributed by atoms with Gasteiger partial charge in [0.15, 0.2) is 0 Å². The SMILES string of the molecule is CC(C)(C)C(=O)Oc1ccc2[c]([Sn]([CH3])([CH3])[CH3])ccccc1-2. The summed E-state index contributed by atoms with van der Waals surface area (Å²) in [7, 11) is 0. The van der Waals surface area contributed by atoms with E-state index in [2.05, 4.69) is 33.0 Å². The van der Waals surface area contributed by atoms with Crippen LogP contribution in [0.3, 0.4) is 0 Å². The zero-order valence-corrected chi connectivity index (χ0v) is 16.6. The molecule has 0 aromatic heterocycles. The normalized spacial score (nSPS) is 12.5. The van der Waals surface area contributed by atoms with Gasteiger partial charge in [0.1, 0.15) is 0 Å². The Labute approximate surface area is 131 Å². The summed E-state index contributed by atoms with van der Waals surface area (Å²) < 4.78 is 7.09. The van der Waals surface area contributed by atoms with E-state index in [0.29, 0.717) is 5.75 Å². The van der Waals surface area contributed by atoms with Gasteiger partial charge in [0.05, 0.1) is 0 Å². The second-order valence-electron chi connectivity index (χ2n) is 7.55. The molecule has 0 fully saturated rings. The van der Waals surface area contributed by atoms with Crippen molar-refractivity contribution >= 4 is 27.9 Å². The first-order chi connectivity index (χ1) is 9.60. The minimum absolute atomic E-state index is 0.192. The molecule has 0 saturated heterocycles. The van der Waals surface area contributed by atoms with Crippen LogP contribution in [0.25, 0.3) is 11.1 Å². The molecular formula is C18H24O2Sn. The molecular weight excluding hydrogens is 367 g/mol. The molecule has 0 radical (unpaired) electrons. The van der Waals surface area contributed by atoms with Crippen LogP contribution in [0.4, 0.5) is 0 Å². The van der Waals surface area contributed by atoms with Crippen LogP contribution in [0.1, 0.15) is 20.8 Å². The fraction of sp³-hybridized carbons (Fsp3) is 0.389. The van der Waals surface area contributed by atoms with E-state index in [0.717, 1.165) is 5.56 Å². The van der Waals surface area contributed by atoms with Gasteiger partial charge in [-0.25, -0.2) is 0 Å². The van der Waals surface area contributed by atoms with Gasteiger partial charge in [-0.1, -0.05) is 0 Å². The fourth-order valence-corrected chi connectivity index (χ4v) is 6.90. The summed E-state index contributed by atoms with van der Waals surface area (Å²) in [5.74, 6) is 0.486. The average Bonchev–Trinajstić information content (AvgIpc) is 2.58. The fourth-order valence-electron chi connectivity index (χ4n) is 2.27. The second-order valence-corrected chi connectivity index (χ2v) is 21.9. The van der Waals surface area contributed by atoms with Crippen molar-refractivity contribution in [3.05, 3.63) is 36.4 Å². The summed E-state index contributed by atoms with van der Waals surface area (Å²) in [6, 6.07) is 12.4. The number of fused-ring (bicyclic) bond motifs is 1. The van der Waals surface area contributed by atoms with E-state index in [1.54, 1.807) is 0 Å². The molecule has 3 heteroatoms. The van der Waals surface area contributed by atoms with Crippen LogP contribution in [0, 0.1) is 5.41 Å². The molecule has 0 bridgehead atoms. The molecule has 0 aromatic carbocycles. The van der Waals surface area contributed by atoms with Gasteiger partial charge >= 0.3 is 132 Å². The molecule has 0 heterocycles.